The van der Waals surface area contributed by atoms with Gasteiger partial charge in [-0.1, -0.05) is 54.6 Å². The SMILES string of the molecule is COc1cc2ccccc2cc1C(=O)N[C@H](COCc1ccccc1)C(=O)O. The summed E-state index contributed by atoms with van der Waals surface area (Å²) in [5, 5.41) is 13.7. The number of fused-ring (bicyclic) bond motifs is 1. The second-order valence-corrected chi connectivity index (χ2v) is 6.26. The summed E-state index contributed by atoms with van der Waals surface area (Å²) < 4.78 is 10.8. The smallest absolute Gasteiger partial charge is 0.328 e. The monoisotopic (exact) mass is 379 g/mol. The van der Waals surface area contributed by atoms with Crippen LogP contribution in [0.3, 0.4) is 0 Å². The molecule has 0 unspecified atom stereocenters. The van der Waals surface area contributed by atoms with E-state index in [0.29, 0.717) is 5.75 Å². The molecule has 2 N–H and O–H groups in total. The van der Waals surface area contributed by atoms with Gasteiger partial charge in [0, 0.05) is 0 Å². The molecular formula is C22H21NO5. The molecular weight excluding hydrogens is 358 g/mol. The van der Waals surface area contributed by atoms with E-state index in [1.54, 1.807) is 12.1 Å². The normalized spacial score (nSPS) is 11.8. The minimum absolute atomic E-state index is 0.147. The van der Waals surface area contributed by atoms with E-state index in [0.717, 1.165) is 16.3 Å². The molecule has 28 heavy (non-hydrogen) atoms. The fraction of sp³-hybridized carbons (Fsp3) is 0.182. The zero-order chi connectivity index (χ0) is 19.9. The topological polar surface area (TPSA) is 84.9 Å². The summed E-state index contributed by atoms with van der Waals surface area (Å²) in [4.78, 5) is 24.3. The molecule has 0 heterocycles. The maximum atomic E-state index is 12.7. The number of carbonyl (C=O) groups excluding carboxylic acids is 1. The highest BCUT2D eigenvalue weighted by Crippen LogP contribution is 2.26. The molecule has 0 aliphatic carbocycles. The Bertz CT molecular complexity index is 971. The zero-order valence-corrected chi connectivity index (χ0v) is 15.4. The lowest BCUT2D eigenvalue weighted by atomic mass is 10.0. The number of carbonyl (C=O) groups is 2. The van der Waals surface area contributed by atoms with Crippen molar-refractivity contribution < 1.29 is 24.2 Å². The summed E-state index contributed by atoms with van der Waals surface area (Å²) in [6.45, 7) is 0.117. The van der Waals surface area contributed by atoms with E-state index >= 15 is 0 Å². The van der Waals surface area contributed by atoms with Crippen LogP contribution < -0.4 is 10.1 Å². The van der Waals surface area contributed by atoms with Crippen molar-refractivity contribution in [1.82, 2.24) is 5.32 Å². The van der Waals surface area contributed by atoms with Crippen molar-refractivity contribution in [3.63, 3.8) is 0 Å². The number of hydrogen-bond acceptors (Lipinski definition) is 4. The van der Waals surface area contributed by atoms with Crippen LogP contribution in [0.2, 0.25) is 0 Å². The Labute approximate surface area is 162 Å². The zero-order valence-electron chi connectivity index (χ0n) is 15.4. The molecule has 0 aliphatic heterocycles. The Morgan fingerprint density at radius 2 is 1.64 bits per heavy atom. The van der Waals surface area contributed by atoms with Crippen LogP contribution in [-0.4, -0.2) is 36.7 Å². The molecule has 0 radical (unpaired) electrons. The number of amides is 1. The van der Waals surface area contributed by atoms with Gasteiger partial charge in [0.2, 0.25) is 0 Å². The van der Waals surface area contributed by atoms with Crippen LogP contribution in [0.25, 0.3) is 10.8 Å². The van der Waals surface area contributed by atoms with Crippen LogP contribution in [0.5, 0.6) is 5.75 Å². The number of aliphatic carboxylic acids is 1. The quantitative estimate of drug-likeness (QED) is 0.628. The summed E-state index contributed by atoms with van der Waals surface area (Å²) in [5.41, 5.74) is 1.20. The fourth-order valence-corrected chi connectivity index (χ4v) is 2.85. The van der Waals surface area contributed by atoms with E-state index in [1.807, 2.05) is 54.6 Å². The van der Waals surface area contributed by atoms with Gasteiger partial charge in [-0.15, -0.1) is 0 Å². The molecule has 6 heteroatoms. The van der Waals surface area contributed by atoms with Crippen molar-refractivity contribution in [2.45, 2.75) is 12.6 Å². The van der Waals surface area contributed by atoms with Crippen molar-refractivity contribution in [3.8, 4) is 5.75 Å². The van der Waals surface area contributed by atoms with Crippen LogP contribution >= 0.6 is 0 Å². The molecule has 144 valence electrons. The Morgan fingerprint density at radius 3 is 2.29 bits per heavy atom. The molecule has 0 aromatic heterocycles. The maximum absolute atomic E-state index is 12.7. The lowest BCUT2D eigenvalue weighted by Crippen LogP contribution is -2.44. The van der Waals surface area contributed by atoms with E-state index in [4.69, 9.17) is 9.47 Å². The second kappa shape index (κ2) is 9.01. The summed E-state index contributed by atoms with van der Waals surface area (Å²) in [5.74, 6) is -1.31. The van der Waals surface area contributed by atoms with E-state index in [-0.39, 0.29) is 18.8 Å². The molecule has 1 amide bonds. The summed E-state index contributed by atoms with van der Waals surface area (Å²) >= 11 is 0. The molecule has 0 aliphatic rings. The van der Waals surface area contributed by atoms with Crippen molar-refractivity contribution in [2.75, 3.05) is 13.7 Å². The minimum atomic E-state index is -1.17. The van der Waals surface area contributed by atoms with Crippen LogP contribution in [-0.2, 0) is 16.1 Å². The van der Waals surface area contributed by atoms with E-state index in [9.17, 15) is 14.7 Å². The lowest BCUT2D eigenvalue weighted by Gasteiger charge is -2.16. The van der Waals surface area contributed by atoms with Crippen molar-refractivity contribution in [3.05, 3.63) is 77.9 Å². The van der Waals surface area contributed by atoms with Gasteiger partial charge in [-0.05, 0) is 28.5 Å². The van der Waals surface area contributed by atoms with E-state index < -0.39 is 17.9 Å². The van der Waals surface area contributed by atoms with Crippen molar-refractivity contribution >= 4 is 22.6 Å². The summed E-state index contributed by atoms with van der Waals surface area (Å²) in [6, 6.07) is 19.2. The molecule has 0 saturated carbocycles. The molecule has 6 nitrogen and oxygen atoms in total. The van der Waals surface area contributed by atoms with Gasteiger partial charge in [0.25, 0.3) is 5.91 Å². The molecule has 0 saturated heterocycles. The van der Waals surface area contributed by atoms with Crippen LogP contribution in [0.15, 0.2) is 66.7 Å². The molecule has 0 spiro atoms. The number of nitrogens with one attached hydrogen (secondary N) is 1. The summed E-state index contributed by atoms with van der Waals surface area (Å²) in [7, 11) is 1.47. The number of carboxylic acid groups (broad SMARTS) is 1. The van der Waals surface area contributed by atoms with E-state index in [2.05, 4.69) is 5.32 Å². The van der Waals surface area contributed by atoms with Gasteiger partial charge in [0.1, 0.15) is 5.75 Å². The number of hydrogen-bond donors (Lipinski definition) is 2. The summed E-state index contributed by atoms with van der Waals surface area (Å²) in [6.07, 6.45) is 0. The molecule has 3 aromatic carbocycles. The Kier molecular flexibility index (Phi) is 6.24. The first kappa shape index (κ1) is 19.4. The first-order chi connectivity index (χ1) is 13.6. The maximum Gasteiger partial charge on any atom is 0.328 e. The van der Waals surface area contributed by atoms with E-state index in [1.165, 1.54) is 7.11 Å². The average molecular weight is 379 g/mol. The highest BCUT2D eigenvalue weighted by Gasteiger charge is 2.23. The average Bonchev–Trinajstić information content (AvgIpc) is 2.72. The van der Waals surface area contributed by atoms with Gasteiger partial charge >= 0.3 is 5.97 Å². The number of benzene rings is 3. The third-order valence-electron chi connectivity index (χ3n) is 4.31. The molecule has 3 rings (SSSR count). The number of ether oxygens (including phenoxy) is 2. The van der Waals surface area contributed by atoms with Crippen LogP contribution in [0, 0.1) is 0 Å². The van der Waals surface area contributed by atoms with Crippen molar-refractivity contribution in [2.24, 2.45) is 0 Å². The molecule has 0 fully saturated rings. The second-order valence-electron chi connectivity index (χ2n) is 6.26. The number of carboxylic acids is 1. The largest absolute Gasteiger partial charge is 0.496 e. The minimum Gasteiger partial charge on any atom is -0.496 e. The molecule has 0 bridgehead atoms. The Morgan fingerprint density at radius 1 is 1.00 bits per heavy atom. The predicted octanol–water partition coefficient (Wildman–Crippen LogP) is 3.25. The van der Waals surface area contributed by atoms with Crippen molar-refractivity contribution in [1.29, 1.82) is 0 Å². The highest BCUT2D eigenvalue weighted by atomic mass is 16.5. The van der Waals surface area contributed by atoms with Gasteiger partial charge in [0.05, 0.1) is 25.9 Å². The molecule has 1 atom stereocenters. The van der Waals surface area contributed by atoms with Gasteiger partial charge in [-0.2, -0.15) is 0 Å². The standard InChI is InChI=1S/C22H21NO5/c1-27-20-12-17-10-6-5-9-16(17)11-18(20)21(24)23-19(22(25)26)14-28-13-15-7-3-2-4-8-15/h2-12,19H,13-14H2,1H3,(H,23,24)(H,25,26)/t19-/m1/s1. The van der Waals surface area contributed by atoms with Crippen LogP contribution in [0.1, 0.15) is 15.9 Å². The van der Waals surface area contributed by atoms with Crippen LogP contribution in [0.4, 0.5) is 0 Å². The highest BCUT2D eigenvalue weighted by molar-refractivity contribution is 6.02. The van der Waals surface area contributed by atoms with Gasteiger partial charge < -0.3 is 19.9 Å². The van der Waals surface area contributed by atoms with Gasteiger partial charge in [-0.25, -0.2) is 4.79 Å². The number of rotatable bonds is 8. The number of methoxy groups -OCH3 is 1. The predicted molar refractivity (Wildman–Crippen MR) is 105 cm³/mol. The molecule has 3 aromatic rings. The Balaban J connectivity index is 1.71. The Hall–Kier alpha value is -3.38. The third-order valence-corrected chi connectivity index (χ3v) is 4.31. The third kappa shape index (κ3) is 4.66. The fourth-order valence-electron chi connectivity index (χ4n) is 2.85. The lowest BCUT2D eigenvalue weighted by molar-refractivity contribution is -0.141. The van der Waals surface area contributed by atoms with Gasteiger partial charge in [0.15, 0.2) is 6.04 Å². The first-order valence-corrected chi connectivity index (χ1v) is 8.80. The first-order valence-electron chi connectivity index (χ1n) is 8.80. The van der Waals surface area contributed by atoms with Gasteiger partial charge in [-0.3, -0.25) is 4.79 Å².